The summed E-state index contributed by atoms with van der Waals surface area (Å²) in [5, 5.41) is 11.1. The average molecular weight is 425 g/mol. The highest BCUT2D eigenvalue weighted by Crippen LogP contribution is 2.29. The van der Waals surface area contributed by atoms with E-state index in [2.05, 4.69) is 30.7 Å². The van der Waals surface area contributed by atoms with Crippen LogP contribution in [0.4, 0.5) is 13.2 Å². The van der Waals surface area contributed by atoms with Crippen molar-refractivity contribution in [1.82, 2.24) is 30.4 Å². The Morgan fingerprint density at radius 1 is 1.33 bits per heavy atom. The van der Waals surface area contributed by atoms with Gasteiger partial charge in [0.05, 0.1) is 18.7 Å². The molecule has 0 spiro atoms. The third kappa shape index (κ3) is 5.83. The molecule has 0 radical (unpaired) electrons. The van der Waals surface area contributed by atoms with Crippen LogP contribution in [0.25, 0.3) is 0 Å². The van der Waals surface area contributed by atoms with Crippen molar-refractivity contribution in [2.45, 2.75) is 51.9 Å². The molecule has 0 saturated heterocycles. The molecule has 0 fully saturated rings. The number of pyridine rings is 1. The number of nitrogens with one attached hydrogen (secondary N) is 2. The van der Waals surface area contributed by atoms with E-state index in [1.165, 1.54) is 6.07 Å². The molecule has 0 aliphatic carbocycles. The van der Waals surface area contributed by atoms with Gasteiger partial charge in [0.1, 0.15) is 12.4 Å². The first kappa shape index (κ1) is 21.8. The van der Waals surface area contributed by atoms with Crippen LogP contribution >= 0.6 is 0 Å². The van der Waals surface area contributed by atoms with Crippen molar-refractivity contribution in [3.8, 4) is 5.88 Å². The number of halogens is 3. The van der Waals surface area contributed by atoms with Gasteiger partial charge < -0.3 is 15.4 Å². The maximum absolute atomic E-state index is 12.6. The van der Waals surface area contributed by atoms with Gasteiger partial charge in [-0.2, -0.15) is 18.3 Å². The third-order valence-corrected chi connectivity index (χ3v) is 4.58. The van der Waals surface area contributed by atoms with Crippen LogP contribution in [0.3, 0.4) is 0 Å². The van der Waals surface area contributed by atoms with Crippen LogP contribution in [0, 0.1) is 0 Å². The zero-order valence-electron chi connectivity index (χ0n) is 17.0. The molecule has 2 aromatic rings. The molecule has 1 atom stereocenters. The molecule has 8 nitrogen and oxygen atoms in total. The molecule has 11 heteroatoms. The lowest BCUT2D eigenvalue weighted by atomic mass is 10.1. The summed E-state index contributed by atoms with van der Waals surface area (Å²) >= 11 is 0. The van der Waals surface area contributed by atoms with Crippen LogP contribution in [0.1, 0.15) is 37.5 Å². The zero-order chi connectivity index (χ0) is 21.6. The van der Waals surface area contributed by atoms with Crippen molar-refractivity contribution in [2.24, 2.45) is 4.99 Å². The van der Waals surface area contributed by atoms with Gasteiger partial charge in [-0.25, -0.2) is 19.6 Å². The number of ether oxygens (including phenoxy) is 1. The molecule has 3 heterocycles. The normalized spacial score (nSPS) is 16.8. The van der Waals surface area contributed by atoms with Gasteiger partial charge in [0.25, 0.3) is 0 Å². The van der Waals surface area contributed by atoms with E-state index in [4.69, 9.17) is 4.74 Å². The van der Waals surface area contributed by atoms with Gasteiger partial charge in [-0.15, -0.1) is 0 Å². The van der Waals surface area contributed by atoms with Gasteiger partial charge >= 0.3 is 6.18 Å². The van der Waals surface area contributed by atoms with Crippen molar-refractivity contribution < 1.29 is 17.9 Å². The lowest BCUT2D eigenvalue weighted by Crippen LogP contribution is -2.47. The highest BCUT2D eigenvalue weighted by Gasteiger charge is 2.30. The van der Waals surface area contributed by atoms with Crippen LogP contribution in [0.2, 0.25) is 0 Å². The molecule has 0 saturated carbocycles. The highest BCUT2D eigenvalue weighted by atomic mass is 19.4. The summed E-state index contributed by atoms with van der Waals surface area (Å²) in [6.45, 7) is 5.97. The summed E-state index contributed by atoms with van der Waals surface area (Å²) in [5.41, 5.74) is -0.805. The number of alkyl halides is 3. The van der Waals surface area contributed by atoms with E-state index in [1.54, 1.807) is 0 Å². The number of fused-ring (bicyclic) bond motifs is 1. The first-order valence-electron chi connectivity index (χ1n) is 10.0. The number of hydrogen-bond acceptors (Lipinski definition) is 5. The number of aromatic nitrogens is 4. The summed E-state index contributed by atoms with van der Waals surface area (Å²) in [6.07, 6.45) is -1.05. The van der Waals surface area contributed by atoms with Crippen molar-refractivity contribution in [3.05, 3.63) is 35.5 Å². The lowest BCUT2D eigenvalue weighted by molar-refractivity contribution is -0.137. The number of guanidine groups is 1. The zero-order valence-corrected chi connectivity index (χ0v) is 17.0. The number of aryl methyl sites for hydroxylation is 2. The van der Waals surface area contributed by atoms with Crippen molar-refractivity contribution >= 4 is 5.96 Å². The van der Waals surface area contributed by atoms with Gasteiger partial charge in [-0.3, -0.25) is 0 Å². The molecule has 2 N–H and O–H groups in total. The SMILES string of the molecule is CCNC(=NCCOc1ccc(C(F)(F)F)cn1)NC1CCc2nc(CC)nn2C1. The minimum absolute atomic E-state index is 0.133. The fraction of sp³-hybridized carbons (Fsp3) is 0.579. The molecule has 0 bridgehead atoms. The molecule has 30 heavy (non-hydrogen) atoms. The standard InChI is InChI=1S/C19H26F3N7O/c1-3-15-27-16-7-6-14(12-29(16)28-15)26-18(23-4-2)24-9-10-30-17-8-5-13(11-25-17)19(20,21)22/h5,8,11,14H,3-4,6-7,9-10,12H2,1-2H3,(H2,23,24,26). The predicted octanol–water partition coefficient (Wildman–Crippen LogP) is 2.20. The summed E-state index contributed by atoms with van der Waals surface area (Å²) < 4.78 is 45.0. The van der Waals surface area contributed by atoms with E-state index in [9.17, 15) is 13.2 Å². The Balaban J connectivity index is 1.50. The Morgan fingerprint density at radius 2 is 2.17 bits per heavy atom. The first-order valence-corrected chi connectivity index (χ1v) is 10.0. The molecule has 1 unspecified atom stereocenters. The largest absolute Gasteiger partial charge is 0.476 e. The Hall–Kier alpha value is -2.85. The Morgan fingerprint density at radius 3 is 2.83 bits per heavy atom. The molecule has 0 amide bonds. The van der Waals surface area contributed by atoms with Crippen molar-refractivity contribution in [3.63, 3.8) is 0 Å². The molecular formula is C19H26F3N7O. The smallest absolute Gasteiger partial charge is 0.417 e. The highest BCUT2D eigenvalue weighted by molar-refractivity contribution is 5.80. The fourth-order valence-electron chi connectivity index (χ4n) is 3.08. The summed E-state index contributed by atoms with van der Waals surface area (Å²) in [5.74, 6) is 2.67. The van der Waals surface area contributed by atoms with E-state index in [0.29, 0.717) is 19.0 Å². The molecule has 3 rings (SSSR count). The van der Waals surface area contributed by atoms with Crippen LogP contribution < -0.4 is 15.4 Å². The second-order valence-corrected chi connectivity index (χ2v) is 6.85. The lowest BCUT2D eigenvalue weighted by Gasteiger charge is -2.25. The van der Waals surface area contributed by atoms with Crippen LogP contribution in [0.5, 0.6) is 5.88 Å². The first-order chi connectivity index (χ1) is 14.4. The van der Waals surface area contributed by atoms with Gasteiger partial charge in [0, 0.05) is 37.7 Å². The van der Waals surface area contributed by atoms with E-state index in [0.717, 1.165) is 49.7 Å². The number of rotatable bonds is 7. The molecule has 164 valence electrons. The second-order valence-electron chi connectivity index (χ2n) is 6.85. The molecule has 1 aliphatic heterocycles. The topological polar surface area (TPSA) is 89.2 Å². The van der Waals surface area contributed by atoms with Crippen LogP contribution in [0.15, 0.2) is 23.3 Å². The summed E-state index contributed by atoms with van der Waals surface area (Å²) in [6, 6.07) is 2.33. The molecular weight excluding hydrogens is 399 g/mol. The fourth-order valence-corrected chi connectivity index (χ4v) is 3.08. The monoisotopic (exact) mass is 425 g/mol. The Kier molecular flexibility index (Phi) is 7.11. The van der Waals surface area contributed by atoms with E-state index >= 15 is 0 Å². The van der Waals surface area contributed by atoms with Crippen molar-refractivity contribution in [1.29, 1.82) is 0 Å². The molecule has 2 aromatic heterocycles. The Labute approximate surface area is 173 Å². The van der Waals surface area contributed by atoms with E-state index in [1.807, 2.05) is 18.5 Å². The summed E-state index contributed by atoms with van der Waals surface area (Å²) in [4.78, 5) is 12.7. The minimum atomic E-state index is -4.41. The van der Waals surface area contributed by atoms with Gasteiger partial charge in [-0.1, -0.05) is 6.92 Å². The Bertz CT molecular complexity index is 849. The van der Waals surface area contributed by atoms with Crippen molar-refractivity contribution in [2.75, 3.05) is 19.7 Å². The van der Waals surface area contributed by atoms with Gasteiger partial charge in [0.15, 0.2) is 11.8 Å². The molecule has 1 aliphatic rings. The maximum Gasteiger partial charge on any atom is 0.417 e. The molecule has 0 aromatic carbocycles. The third-order valence-electron chi connectivity index (χ3n) is 4.58. The minimum Gasteiger partial charge on any atom is -0.476 e. The quantitative estimate of drug-likeness (QED) is 0.402. The number of hydrogen-bond donors (Lipinski definition) is 2. The number of nitrogens with zero attached hydrogens (tertiary/aromatic N) is 5. The van der Waals surface area contributed by atoms with Crippen LogP contribution in [-0.4, -0.2) is 51.4 Å². The second kappa shape index (κ2) is 9.77. The number of aliphatic imine (C=N–C) groups is 1. The average Bonchev–Trinajstić information content (AvgIpc) is 3.13. The maximum atomic E-state index is 12.6. The van der Waals surface area contributed by atoms with E-state index in [-0.39, 0.29) is 18.5 Å². The van der Waals surface area contributed by atoms with E-state index < -0.39 is 11.7 Å². The predicted molar refractivity (Wildman–Crippen MR) is 105 cm³/mol. The summed E-state index contributed by atoms with van der Waals surface area (Å²) in [7, 11) is 0. The van der Waals surface area contributed by atoms with Gasteiger partial charge in [-0.05, 0) is 19.4 Å². The van der Waals surface area contributed by atoms with Crippen LogP contribution in [-0.2, 0) is 25.6 Å². The van der Waals surface area contributed by atoms with Gasteiger partial charge in [0.2, 0.25) is 5.88 Å².